The molecule has 0 radical (unpaired) electrons. The van der Waals surface area contributed by atoms with Crippen molar-refractivity contribution in [3.05, 3.63) is 23.8 Å². The summed E-state index contributed by atoms with van der Waals surface area (Å²) in [5.41, 5.74) is 3.44. The van der Waals surface area contributed by atoms with Crippen molar-refractivity contribution in [2.75, 3.05) is 0 Å². The number of hydrogen-bond acceptors (Lipinski definition) is 5. The van der Waals surface area contributed by atoms with E-state index >= 15 is 0 Å². The molecule has 0 aliphatic heterocycles. The number of hydrazine groups is 1. The van der Waals surface area contributed by atoms with Crippen LogP contribution in [0.1, 0.15) is 0 Å². The summed E-state index contributed by atoms with van der Waals surface area (Å²) < 4.78 is 1.47. The highest BCUT2D eigenvalue weighted by Gasteiger charge is 2.03. The zero-order valence-corrected chi connectivity index (χ0v) is 6.55. The van der Waals surface area contributed by atoms with Crippen LogP contribution in [0.3, 0.4) is 0 Å². The second-order valence-electron chi connectivity index (χ2n) is 2.18. The van der Waals surface area contributed by atoms with Crippen LogP contribution < -0.4 is 11.3 Å². The van der Waals surface area contributed by atoms with E-state index < -0.39 is 0 Å². The molecule has 7 heteroatoms. The first-order valence-corrected chi connectivity index (χ1v) is 3.46. The van der Waals surface area contributed by atoms with Crippen molar-refractivity contribution in [2.24, 2.45) is 5.84 Å². The van der Waals surface area contributed by atoms with Gasteiger partial charge in [-0.2, -0.15) is 5.84 Å². The van der Waals surface area contributed by atoms with Crippen molar-refractivity contribution < 1.29 is 0 Å². The first-order chi connectivity index (χ1) is 6.42. The Morgan fingerprint density at radius 1 is 1.54 bits per heavy atom. The summed E-state index contributed by atoms with van der Waals surface area (Å²) in [6.07, 6.45) is 6.90. The fourth-order valence-electron chi connectivity index (χ4n) is 0.911. The van der Waals surface area contributed by atoms with E-state index in [4.69, 9.17) is 5.84 Å². The average molecular weight is 176 g/mol. The Hall–Kier alpha value is -2.20. The Labute approximate surface area is 73.0 Å². The van der Waals surface area contributed by atoms with Gasteiger partial charge in [0.25, 0.3) is 0 Å². The Morgan fingerprint density at radius 2 is 2.46 bits per heavy atom. The lowest BCUT2D eigenvalue weighted by Gasteiger charge is -1.83. The lowest BCUT2D eigenvalue weighted by molar-refractivity contribution is 0.986. The van der Waals surface area contributed by atoms with Crippen molar-refractivity contribution in [1.29, 1.82) is 0 Å². The number of aromatic nitrogens is 4. The molecule has 3 N–H and O–H groups in total. The van der Waals surface area contributed by atoms with Crippen molar-refractivity contribution in [3.63, 3.8) is 0 Å². The molecule has 0 aliphatic rings. The van der Waals surface area contributed by atoms with Gasteiger partial charge < -0.3 is 0 Å². The van der Waals surface area contributed by atoms with Crippen LogP contribution in [0.15, 0.2) is 18.9 Å². The highest BCUT2D eigenvalue weighted by molar-refractivity contribution is 5.69. The molecule has 0 aliphatic carbocycles. The van der Waals surface area contributed by atoms with Crippen LogP contribution >= 0.6 is 0 Å². The highest BCUT2D eigenvalue weighted by Crippen LogP contribution is 2.06. The Balaban J connectivity index is 2.58. The van der Waals surface area contributed by atoms with Gasteiger partial charge in [-0.1, -0.05) is 4.68 Å². The zero-order valence-electron chi connectivity index (χ0n) is 6.55. The fraction of sp³-hybridized carbons (Fsp3) is 0. The summed E-state index contributed by atoms with van der Waals surface area (Å²) in [5, 5.41) is 0. The SMILES string of the molecule is NNC#[N+]n1cnc2ncncc21. The Morgan fingerprint density at radius 3 is 3.31 bits per heavy atom. The summed E-state index contributed by atoms with van der Waals surface area (Å²) in [6.45, 7) is 0. The van der Waals surface area contributed by atoms with E-state index in [0.717, 1.165) is 0 Å². The van der Waals surface area contributed by atoms with Gasteiger partial charge >= 0.3 is 6.19 Å². The van der Waals surface area contributed by atoms with Crippen molar-refractivity contribution >= 4 is 11.2 Å². The van der Waals surface area contributed by atoms with E-state index in [2.05, 4.69) is 31.5 Å². The lowest BCUT2D eigenvalue weighted by atomic mass is 10.6. The van der Waals surface area contributed by atoms with Crippen LogP contribution in [0, 0.1) is 6.19 Å². The van der Waals surface area contributed by atoms with Crippen LogP contribution in [-0.2, 0) is 0 Å². The smallest absolute Gasteiger partial charge is 0.242 e. The molecule has 0 amide bonds. The average Bonchev–Trinajstić information content (AvgIpc) is 2.58. The van der Waals surface area contributed by atoms with Crippen LogP contribution in [0.2, 0.25) is 0 Å². The van der Waals surface area contributed by atoms with Crippen molar-refractivity contribution in [3.8, 4) is 6.19 Å². The standard InChI is InChI=1S/C6H5N7/c7-11-3-12-13-4-10-6-5(13)1-8-2-9-6/h1-2,4H,7H2/p+1. The third-order valence-electron chi connectivity index (χ3n) is 1.43. The molecule has 2 heterocycles. The molecule has 0 aromatic carbocycles. The predicted octanol–water partition coefficient (Wildman–Crippen LogP) is -0.657. The van der Waals surface area contributed by atoms with Gasteiger partial charge in [-0.05, 0) is 4.95 Å². The number of nitrogens with two attached hydrogens (primary N) is 1. The van der Waals surface area contributed by atoms with Gasteiger partial charge in [-0.15, -0.1) is 5.43 Å². The molecular formula is C6H6N7+. The molecule has 2 rings (SSSR count). The van der Waals surface area contributed by atoms with E-state index in [1.165, 1.54) is 17.3 Å². The van der Waals surface area contributed by atoms with Crippen molar-refractivity contribution in [2.45, 2.75) is 0 Å². The maximum atomic E-state index is 4.97. The van der Waals surface area contributed by atoms with Crippen LogP contribution in [0.5, 0.6) is 0 Å². The molecular weight excluding hydrogens is 170 g/mol. The summed E-state index contributed by atoms with van der Waals surface area (Å²) in [7, 11) is 0. The molecule has 2 aromatic heterocycles. The molecule has 0 fully saturated rings. The Kier molecular flexibility index (Phi) is 1.74. The van der Waals surface area contributed by atoms with Gasteiger partial charge in [0, 0.05) is 0 Å². The number of rotatable bonds is 0. The molecule has 64 valence electrons. The van der Waals surface area contributed by atoms with Gasteiger partial charge in [0.15, 0.2) is 17.5 Å². The molecule has 0 saturated carbocycles. The van der Waals surface area contributed by atoms with E-state index in [-0.39, 0.29) is 0 Å². The molecule has 0 saturated heterocycles. The largest absolute Gasteiger partial charge is 0.426 e. The minimum Gasteiger partial charge on any atom is -0.242 e. The number of nitrogens with zero attached hydrogens (tertiary/aromatic N) is 5. The maximum absolute atomic E-state index is 4.97. The number of fused-ring (bicyclic) bond motifs is 1. The number of nitrogens with one attached hydrogen (secondary N) is 1. The quantitative estimate of drug-likeness (QED) is 0.241. The highest BCUT2D eigenvalue weighted by atomic mass is 15.4. The number of hydrogen-bond donors (Lipinski definition) is 2. The first kappa shape index (κ1) is 7.45. The third-order valence-corrected chi connectivity index (χ3v) is 1.43. The molecule has 0 bridgehead atoms. The zero-order chi connectivity index (χ0) is 9.10. The number of imidazole rings is 1. The predicted molar refractivity (Wildman–Crippen MR) is 45.3 cm³/mol. The van der Waals surface area contributed by atoms with Gasteiger partial charge in [-0.25, -0.2) is 15.0 Å². The minimum atomic E-state index is 0.581. The van der Waals surface area contributed by atoms with Crippen LogP contribution in [-0.4, -0.2) is 19.6 Å². The fourth-order valence-corrected chi connectivity index (χ4v) is 0.911. The monoisotopic (exact) mass is 176 g/mol. The molecule has 13 heavy (non-hydrogen) atoms. The van der Waals surface area contributed by atoms with Crippen LogP contribution in [0.4, 0.5) is 0 Å². The van der Waals surface area contributed by atoms with Gasteiger partial charge in [0.2, 0.25) is 0 Å². The second-order valence-corrected chi connectivity index (χ2v) is 2.18. The van der Waals surface area contributed by atoms with Gasteiger partial charge in [0.05, 0.1) is 6.20 Å². The van der Waals surface area contributed by atoms with Crippen LogP contribution in [0.25, 0.3) is 16.1 Å². The van der Waals surface area contributed by atoms with Gasteiger partial charge in [0.1, 0.15) is 6.33 Å². The summed E-state index contributed by atoms with van der Waals surface area (Å²) >= 11 is 0. The lowest BCUT2D eigenvalue weighted by Crippen LogP contribution is -2.13. The summed E-state index contributed by atoms with van der Waals surface area (Å²) in [5.74, 6) is 4.97. The van der Waals surface area contributed by atoms with E-state index in [1.54, 1.807) is 6.20 Å². The van der Waals surface area contributed by atoms with E-state index in [0.29, 0.717) is 11.2 Å². The topological polar surface area (TPSA) is 86.0 Å². The molecule has 7 nitrogen and oxygen atoms in total. The molecule has 2 aromatic rings. The second kappa shape index (κ2) is 3.04. The minimum absolute atomic E-state index is 0.581. The normalized spacial score (nSPS) is 9.31. The van der Waals surface area contributed by atoms with E-state index in [9.17, 15) is 0 Å². The van der Waals surface area contributed by atoms with E-state index in [1.807, 2.05) is 0 Å². The Bertz CT molecular complexity index is 476. The maximum Gasteiger partial charge on any atom is 0.426 e. The first-order valence-electron chi connectivity index (χ1n) is 3.46. The van der Waals surface area contributed by atoms with Crippen molar-refractivity contribution in [1.82, 2.24) is 25.1 Å². The molecule has 0 spiro atoms. The van der Waals surface area contributed by atoms with Gasteiger partial charge in [-0.3, -0.25) is 0 Å². The molecule has 0 unspecified atom stereocenters. The summed E-state index contributed by atoms with van der Waals surface area (Å²) in [4.78, 5) is 15.6. The molecule has 0 atom stereocenters. The third kappa shape index (κ3) is 1.25. The summed E-state index contributed by atoms with van der Waals surface area (Å²) in [6, 6.07) is 0.